The molecule has 0 amide bonds. The van der Waals surface area contributed by atoms with Gasteiger partial charge in [-0.1, -0.05) is 0 Å². The van der Waals surface area contributed by atoms with Gasteiger partial charge in [0.15, 0.2) is 0 Å². The number of ether oxygens (including phenoxy) is 1. The third-order valence-corrected chi connectivity index (χ3v) is 2.73. The van der Waals surface area contributed by atoms with Crippen LogP contribution in [0.1, 0.15) is 5.56 Å². The fraction of sp³-hybridized carbons (Fsp3) is 0.300. The van der Waals surface area contributed by atoms with E-state index in [1.54, 1.807) is 6.07 Å². The molecule has 0 bridgehead atoms. The van der Waals surface area contributed by atoms with Crippen LogP contribution in [0.2, 0.25) is 0 Å². The van der Waals surface area contributed by atoms with Crippen LogP contribution >= 0.6 is 15.9 Å². The van der Waals surface area contributed by atoms with Crippen molar-refractivity contribution in [2.75, 3.05) is 7.11 Å². The van der Waals surface area contributed by atoms with E-state index in [0.29, 0.717) is 0 Å². The molecule has 88 valence electrons. The van der Waals surface area contributed by atoms with Crippen molar-refractivity contribution in [1.82, 2.24) is 0 Å². The summed E-state index contributed by atoms with van der Waals surface area (Å²) in [6, 6.07) is 1.89. The summed E-state index contributed by atoms with van der Waals surface area (Å²) in [6.45, 7) is 0. The van der Waals surface area contributed by atoms with Gasteiger partial charge in [0, 0.05) is 12.0 Å². The monoisotopic (exact) mass is 291 g/mol. The summed E-state index contributed by atoms with van der Waals surface area (Å²) in [7, 11) is 1.39. The van der Waals surface area contributed by atoms with Crippen molar-refractivity contribution in [3.63, 3.8) is 0 Å². The maximum Gasteiger partial charge on any atom is 0.320 e. The van der Waals surface area contributed by atoms with Gasteiger partial charge in [-0.05, 0) is 28.1 Å². The molecule has 0 aliphatic heterocycles. The lowest BCUT2D eigenvalue weighted by atomic mass is 10.0. The van der Waals surface area contributed by atoms with Gasteiger partial charge in [-0.15, -0.1) is 0 Å². The van der Waals surface area contributed by atoms with Gasteiger partial charge in [-0.3, -0.25) is 4.79 Å². The molecule has 0 spiro atoms. The number of halogens is 2. The van der Waals surface area contributed by atoms with E-state index in [0.717, 1.165) is 0 Å². The molecule has 1 rings (SSSR count). The Balaban J connectivity index is 3.10. The molecule has 1 aromatic rings. The smallest absolute Gasteiger partial charge is 0.320 e. The number of rotatable bonds is 4. The quantitative estimate of drug-likeness (QED) is 0.883. The summed E-state index contributed by atoms with van der Waals surface area (Å²) >= 11 is 3.02. The highest BCUT2D eigenvalue weighted by atomic mass is 79.9. The van der Waals surface area contributed by atoms with Crippen LogP contribution in [0.4, 0.5) is 4.39 Å². The normalized spacial score (nSPS) is 12.2. The molecule has 0 radical (unpaired) electrons. The van der Waals surface area contributed by atoms with E-state index in [9.17, 15) is 9.18 Å². The predicted molar refractivity (Wildman–Crippen MR) is 60.0 cm³/mol. The first-order valence-corrected chi connectivity index (χ1v) is 5.26. The summed E-state index contributed by atoms with van der Waals surface area (Å²) in [6.07, 6.45) is -0.121. The molecule has 0 fully saturated rings. The number of nitrogens with two attached hydrogens (primary N) is 1. The Hall–Kier alpha value is -1.14. The molecule has 0 heterocycles. The number of carboxylic acid groups (broad SMARTS) is 1. The second kappa shape index (κ2) is 5.27. The van der Waals surface area contributed by atoms with Crippen molar-refractivity contribution < 1.29 is 19.0 Å². The Morgan fingerprint density at radius 1 is 1.69 bits per heavy atom. The van der Waals surface area contributed by atoms with Gasteiger partial charge < -0.3 is 15.6 Å². The summed E-state index contributed by atoms with van der Waals surface area (Å²) in [5, 5.41) is 8.67. The summed E-state index contributed by atoms with van der Waals surface area (Å²) in [5.74, 6) is -1.44. The fourth-order valence-electron chi connectivity index (χ4n) is 1.26. The maximum atomic E-state index is 13.7. The fourth-order valence-corrected chi connectivity index (χ4v) is 1.64. The number of carbonyl (C=O) groups is 1. The van der Waals surface area contributed by atoms with Crippen LogP contribution in [0.5, 0.6) is 5.75 Å². The lowest BCUT2D eigenvalue weighted by Crippen LogP contribution is -2.32. The summed E-state index contributed by atoms with van der Waals surface area (Å²) < 4.78 is 18.9. The second-order valence-corrected chi connectivity index (χ2v) is 4.05. The predicted octanol–water partition coefficient (Wildman–Crippen LogP) is 1.55. The highest BCUT2D eigenvalue weighted by Crippen LogP contribution is 2.28. The van der Waals surface area contributed by atoms with Crippen molar-refractivity contribution in [3.8, 4) is 5.75 Å². The molecule has 1 atom stereocenters. The van der Waals surface area contributed by atoms with Crippen LogP contribution in [0.15, 0.2) is 16.6 Å². The molecule has 4 nitrogen and oxygen atoms in total. The Labute approximate surface area is 100 Å². The Kier molecular flexibility index (Phi) is 4.26. The molecule has 3 N–H and O–H groups in total. The van der Waals surface area contributed by atoms with Gasteiger partial charge in [-0.2, -0.15) is 0 Å². The van der Waals surface area contributed by atoms with Crippen LogP contribution in [-0.4, -0.2) is 24.2 Å². The van der Waals surface area contributed by atoms with Crippen LogP contribution in [-0.2, 0) is 11.2 Å². The van der Waals surface area contributed by atoms with Gasteiger partial charge >= 0.3 is 5.97 Å². The average molecular weight is 292 g/mol. The molecule has 0 saturated carbocycles. The third-order valence-electron chi connectivity index (χ3n) is 2.11. The van der Waals surface area contributed by atoms with E-state index in [1.165, 1.54) is 13.2 Å². The second-order valence-electron chi connectivity index (χ2n) is 3.19. The van der Waals surface area contributed by atoms with E-state index in [1.807, 2.05) is 0 Å². The highest BCUT2D eigenvalue weighted by molar-refractivity contribution is 9.10. The van der Waals surface area contributed by atoms with E-state index < -0.39 is 17.8 Å². The first kappa shape index (κ1) is 12.9. The van der Waals surface area contributed by atoms with Gasteiger partial charge in [0.05, 0.1) is 11.6 Å². The van der Waals surface area contributed by atoms with Crippen LogP contribution in [0.25, 0.3) is 0 Å². The molecular formula is C10H11BrFNO3. The lowest BCUT2D eigenvalue weighted by Gasteiger charge is -2.12. The minimum Gasteiger partial charge on any atom is -0.496 e. The van der Waals surface area contributed by atoms with Gasteiger partial charge in [-0.25, -0.2) is 4.39 Å². The Morgan fingerprint density at radius 3 is 2.81 bits per heavy atom. The standard InChI is InChI=1S/C10H11BrFNO3/c1-16-8-3-2-6(11)9(12)5(8)4-7(13)10(14)15/h2-3,7H,4,13H2,1H3,(H,14,15). The summed E-state index contributed by atoms with van der Waals surface area (Å²) in [5.41, 5.74) is 5.51. The number of benzene rings is 1. The zero-order chi connectivity index (χ0) is 12.3. The van der Waals surface area contributed by atoms with Crippen molar-refractivity contribution in [2.24, 2.45) is 5.73 Å². The average Bonchev–Trinajstić information content (AvgIpc) is 2.25. The van der Waals surface area contributed by atoms with Crippen LogP contribution in [0, 0.1) is 5.82 Å². The van der Waals surface area contributed by atoms with E-state index in [4.69, 9.17) is 15.6 Å². The van der Waals surface area contributed by atoms with Gasteiger partial charge in [0.25, 0.3) is 0 Å². The Bertz CT molecular complexity index is 411. The first-order valence-electron chi connectivity index (χ1n) is 4.46. The van der Waals surface area contributed by atoms with Crippen LogP contribution in [0.3, 0.4) is 0 Å². The van der Waals surface area contributed by atoms with E-state index >= 15 is 0 Å². The number of hydrogen-bond donors (Lipinski definition) is 2. The first-order chi connectivity index (χ1) is 7.47. The number of aliphatic carboxylic acids is 1. The van der Waals surface area contributed by atoms with Gasteiger partial charge in [0.2, 0.25) is 0 Å². The number of hydrogen-bond acceptors (Lipinski definition) is 3. The molecule has 0 aromatic heterocycles. The van der Waals surface area contributed by atoms with Crippen molar-refractivity contribution in [2.45, 2.75) is 12.5 Å². The third kappa shape index (κ3) is 2.70. The molecule has 6 heteroatoms. The minimum absolute atomic E-state index is 0.121. The molecular weight excluding hydrogens is 281 g/mol. The number of methoxy groups -OCH3 is 1. The molecule has 0 saturated heterocycles. The molecule has 1 aromatic carbocycles. The largest absolute Gasteiger partial charge is 0.496 e. The maximum absolute atomic E-state index is 13.7. The molecule has 0 aliphatic rings. The topological polar surface area (TPSA) is 72.5 Å². The van der Waals surface area contributed by atoms with E-state index in [-0.39, 0.29) is 22.2 Å². The number of carboxylic acids is 1. The lowest BCUT2D eigenvalue weighted by molar-refractivity contribution is -0.138. The highest BCUT2D eigenvalue weighted by Gasteiger charge is 2.19. The van der Waals surface area contributed by atoms with Crippen molar-refractivity contribution in [3.05, 3.63) is 28.0 Å². The summed E-state index contributed by atoms with van der Waals surface area (Å²) in [4.78, 5) is 10.6. The van der Waals surface area contributed by atoms with E-state index in [2.05, 4.69) is 15.9 Å². The van der Waals surface area contributed by atoms with Crippen molar-refractivity contribution >= 4 is 21.9 Å². The molecule has 1 unspecified atom stereocenters. The zero-order valence-corrected chi connectivity index (χ0v) is 10.1. The van der Waals surface area contributed by atoms with Crippen molar-refractivity contribution in [1.29, 1.82) is 0 Å². The zero-order valence-electron chi connectivity index (χ0n) is 8.54. The minimum atomic E-state index is -1.18. The molecule has 0 aliphatic carbocycles. The Morgan fingerprint density at radius 2 is 2.31 bits per heavy atom. The SMILES string of the molecule is COc1ccc(Br)c(F)c1CC(N)C(=O)O. The van der Waals surface area contributed by atoms with Crippen LogP contribution < -0.4 is 10.5 Å². The molecule has 16 heavy (non-hydrogen) atoms. The van der Waals surface area contributed by atoms with Gasteiger partial charge in [0.1, 0.15) is 17.6 Å².